The second-order valence-corrected chi connectivity index (χ2v) is 10.3. The molecule has 2 saturated heterocycles. The fourth-order valence-electron chi connectivity index (χ4n) is 5.25. The Morgan fingerprint density at radius 1 is 1.08 bits per heavy atom. The average Bonchev–Trinajstić information content (AvgIpc) is 3.24. The maximum absolute atomic E-state index is 12.4. The molecular formula is C28H43F2N7O2. The Balaban J connectivity index is 0.000000267. The fraction of sp³-hybridized carbons (Fsp3) is 0.643. The molecule has 3 aliphatic rings. The van der Waals surface area contributed by atoms with Crippen LogP contribution in [-0.4, -0.2) is 82.3 Å². The maximum Gasteiger partial charge on any atom is 0.318 e. The number of carbonyl (C=O) groups is 1. The summed E-state index contributed by atoms with van der Waals surface area (Å²) in [7, 11) is 5.07. The normalized spacial score (nSPS) is 19.7. The number of nitrogens with zero attached hydrogens (tertiary/aromatic N) is 7. The molecule has 2 unspecified atom stereocenters. The summed E-state index contributed by atoms with van der Waals surface area (Å²) in [6, 6.07) is 0.997. The Kier molecular flexibility index (Phi) is 10.4. The van der Waals surface area contributed by atoms with Gasteiger partial charge in [0.1, 0.15) is 5.82 Å². The molecule has 216 valence electrons. The van der Waals surface area contributed by atoms with Crippen molar-refractivity contribution < 1.29 is 18.3 Å². The molecule has 3 aliphatic heterocycles. The number of ether oxygens (including phenoxy) is 1. The lowest BCUT2D eigenvalue weighted by atomic mass is 10.0. The Bertz CT molecular complexity index is 1170. The van der Waals surface area contributed by atoms with E-state index in [1.165, 1.54) is 6.42 Å². The van der Waals surface area contributed by atoms with Crippen molar-refractivity contribution in [3.63, 3.8) is 0 Å². The molecule has 2 aromatic heterocycles. The van der Waals surface area contributed by atoms with Gasteiger partial charge in [-0.1, -0.05) is 13.8 Å². The lowest BCUT2D eigenvalue weighted by Gasteiger charge is -2.34. The molecule has 0 bridgehead atoms. The summed E-state index contributed by atoms with van der Waals surface area (Å²) >= 11 is 0. The van der Waals surface area contributed by atoms with Gasteiger partial charge >= 0.3 is 6.01 Å². The highest BCUT2D eigenvalue weighted by molar-refractivity contribution is 5.93. The number of carbonyl (C=O) groups excluding carboxylic acids is 1. The zero-order valence-electron chi connectivity index (χ0n) is 24.6. The molecule has 0 spiro atoms. The number of aromatic nitrogens is 4. The van der Waals surface area contributed by atoms with Crippen LogP contribution in [0.1, 0.15) is 66.1 Å². The second-order valence-electron chi connectivity index (χ2n) is 10.3. The van der Waals surface area contributed by atoms with E-state index in [-0.39, 0.29) is 11.8 Å². The molecule has 11 heteroatoms. The van der Waals surface area contributed by atoms with Gasteiger partial charge in [0.05, 0.1) is 19.3 Å². The molecule has 5 rings (SSSR count). The highest BCUT2D eigenvalue weighted by Crippen LogP contribution is 2.33. The van der Waals surface area contributed by atoms with Gasteiger partial charge in [0, 0.05) is 56.6 Å². The van der Waals surface area contributed by atoms with Gasteiger partial charge in [0.2, 0.25) is 0 Å². The van der Waals surface area contributed by atoms with Crippen LogP contribution in [0.2, 0.25) is 0 Å². The summed E-state index contributed by atoms with van der Waals surface area (Å²) in [5, 5.41) is 4.57. The van der Waals surface area contributed by atoms with Crippen LogP contribution < -0.4 is 9.64 Å². The molecule has 0 radical (unpaired) electrons. The van der Waals surface area contributed by atoms with Crippen LogP contribution in [0.5, 0.6) is 6.01 Å². The van der Waals surface area contributed by atoms with E-state index in [0.717, 1.165) is 73.4 Å². The number of hydrogen-bond acceptors (Lipinski definition) is 7. The molecule has 2 fully saturated rings. The first-order valence-corrected chi connectivity index (χ1v) is 13.8. The first-order chi connectivity index (χ1) is 18.6. The van der Waals surface area contributed by atoms with Crippen molar-refractivity contribution in [2.75, 3.05) is 45.7 Å². The molecule has 2 aromatic rings. The van der Waals surface area contributed by atoms with E-state index in [1.54, 1.807) is 26.1 Å². The predicted octanol–water partition coefficient (Wildman–Crippen LogP) is 4.61. The molecule has 0 saturated carbocycles. The number of anilines is 1. The number of aryl methyl sites for hydroxylation is 2. The zero-order chi connectivity index (χ0) is 28.9. The van der Waals surface area contributed by atoms with Crippen molar-refractivity contribution >= 4 is 11.7 Å². The van der Waals surface area contributed by atoms with E-state index in [9.17, 15) is 13.6 Å². The number of methoxy groups -OCH3 is 1. The predicted molar refractivity (Wildman–Crippen MR) is 148 cm³/mol. The topological polar surface area (TPSA) is 79.6 Å². The van der Waals surface area contributed by atoms with Crippen LogP contribution in [0.25, 0.3) is 0 Å². The van der Waals surface area contributed by atoms with Gasteiger partial charge in [-0.05, 0) is 58.6 Å². The molecular weight excluding hydrogens is 504 g/mol. The molecule has 0 aromatic carbocycles. The third kappa shape index (κ3) is 6.93. The molecule has 0 aliphatic carbocycles. The minimum Gasteiger partial charge on any atom is -0.467 e. The molecule has 0 N–H and O–H groups in total. The van der Waals surface area contributed by atoms with Gasteiger partial charge in [0.15, 0.2) is 5.69 Å². The smallest absolute Gasteiger partial charge is 0.318 e. The van der Waals surface area contributed by atoms with Crippen molar-refractivity contribution in [2.24, 2.45) is 5.92 Å². The number of rotatable bonds is 4. The highest BCUT2D eigenvalue weighted by atomic mass is 19.3. The van der Waals surface area contributed by atoms with E-state index in [0.29, 0.717) is 24.3 Å². The minimum absolute atomic E-state index is 0.0645. The van der Waals surface area contributed by atoms with Gasteiger partial charge in [-0.2, -0.15) is 18.9 Å². The van der Waals surface area contributed by atoms with Gasteiger partial charge in [-0.15, -0.1) is 0 Å². The van der Waals surface area contributed by atoms with E-state index < -0.39 is 6.08 Å². The van der Waals surface area contributed by atoms with Gasteiger partial charge in [-0.3, -0.25) is 14.4 Å². The van der Waals surface area contributed by atoms with Crippen molar-refractivity contribution in [1.82, 2.24) is 29.5 Å². The third-order valence-corrected chi connectivity index (χ3v) is 7.56. The summed E-state index contributed by atoms with van der Waals surface area (Å²) in [6.45, 7) is 14.2. The van der Waals surface area contributed by atoms with Gasteiger partial charge < -0.3 is 14.5 Å². The molecule has 1 amide bonds. The van der Waals surface area contributed by atoms with Gasteiger partial charge in [0.25, 0.3) is 12.0 Å². The van der Waals surface area contributed by atoms with Crippen molar-refractivity contribution in [3.8, 4) is 6.01 Å². The van der Waals surface area contributed by atoms with Crippen LogP contribution in [0.3, 0.4) is 0 Å². The third-order valence-electron chi connectivity index (χ3n) is 7.56. The summed E-state index contributed by atoms with van der Waals surface area (Å²) in [5.41, 5.74) is 4.47. The largest absolute Gasteiger partial charge is 0.467 e. The second kappa shape index (κ2) is 13.3. The van der Waals surface area contributed by atoms with Crippen LogP contribution in [0.15, 0.2) is 12.2 Å². The fourth-order valence-corrected chi connectivity index (χ4v) is 5.25. The molecule has 9 nitrogen and oxygen atoms in total. The number of fused-ring (bicyclic) bond motifs is 2. The van der Waals surface area contributed by atoms with Crippen LogP contribution in [0, 0.1) is 26.7 Å². The first-order valence-electron chi connectivity index (χ1n) is 13.8. The van der Waals surface area contributed by atoms with Crippen molar-refractivity contribution in [1.29, 1.82) is 0 Å². The standard InChI is InChI=1S/C18H26N6O2.C8H11F2N.C2H6/c1-11-13(3)19-18(26-6)20-16(11)23-8-7-9-24-14(10-23)12(2)15(21-24)17(25)22(4)5;9-8(10)4-6-3-7-1-2-11(7)5-6;1-2/h7-10H2,1-6H3;4,6-7H,1-3,5H2;1-2H3. The highest BCUT2D eigenvalue weighted by Gasteiger charge is 2.37. The lowest BCUT2D eigenvalue weighted by molar-refractivity contribution is 0.0820. The summed E-state index contributed by atoms with van der Waals surface area (Å²) < 4.78 is 30.8. The number of amides is 1. The minimum atomic E-state index is -1.52. The Morgan fingerprint density at radius 3 is 2.33 bits per heavy atom. The SMILES string of the molecule is CC.COc1nc(C)c(C)c(N2CCCn3nc(C(=O)N(C)C)c(C)c3C2)n1.FC(F)=CC1CC2CCN2C1. The number of halogens is 2. The van der Waals surface area contributed by atoms with E-state index >= 15 is 0 Å². The Hall–Kier alpha value is -3.08. The molecule has 5 heterocycles. The summed E-state index contributed by atoms with van der Waals surface area (Å²) in [5.74, 6) is 0.932. The van der Waals surface area contributed by atoms with Crippen molar-refractivity contribution in [2.45, 2.75) is 73.0 Å². The monoisotopic (exact) mass is 547 g/mol. The molecule has 39 heavy (non-hydrogen) atoms. The van der Waals surface area contributed by atoms with E-state index in [1.807, 2.05) is 39.3 Å². The summed E-state index contributed by atoms with van der Waals surface area (Å²) in [6.07, 6.45) is 2.67. The van der Waals surface area contributed by atoms with Crippen LogP contribution >= 0.6 is 0 Å². The number of hydrogen-bond donors (Lipinski definition) is 0. The Morgan fingerprint density at radius 2 is 1.79 bits per heavy atom. The van der Waals surface area contributed by atoms with Crippen LogP contribution in [-0.2, 0) is 13.1 Å². The molecule has 2 atom stereocenters. The first kappa shape index (κ1) is 30.5. The van der Waals surface area contributed by atoms with E-state index in [4.69, 9.17) is 4.74 Å². The lowest BCUT2D eigenvalue weighted by Crippen LogP contribution is -2.42. The summed E-state index contributed by atoms with van der Waals surface area (Å²) in [4.78, 5) is 27.4. The van der Waals surface area contributed by atoms with Crippen LogP contribution in [0.4, 0.5) is 14.6 Å². The van der Waals surface area contributed by atoms with E-state index in [2.05, 4.69) is 24.9 Å². The maximum atomic E-state index is 12.4. The van der Waals surface area contributed by atoms with Gasteiger partial charge in [-0.25, -0.2) is 4.98 Å². The van der Waals surface area contributed by atoms with Crippen molar-refractivity contribution in [3.05, 3.63) is 40.4 Å². The Labute approximate surface area is 230 Å². The average molecular weight is 548 g/mol. The quantitative estimate of drug-likeness (QED) is 0.553. The zero-order valence-corrected chi connectivity index (χ0v) is 24.6.